The number of hydrogen-bond acceptors (Lipinski definition) is 6. The van der Waals surface area contributed by atoms with Gasteiger partial charge in [-0.3, -0.25) is 4.68 Å². The van der Waals surface area contributed by atoms with E-state index in [4.69, 9.17) is 9.47 Å². The zero-order valence-corrected chi connectivity index (χ0v) is 13.8. The summed E-state index contributed by atoms with van der Waals surface area (Å²) in [4.78, 5) is 4.36. The molecule has 8 nitrogen and oxygen atoms in total. The zero-order chi connectivity index (χ0) is 16.8. The number of nitrogens with one attached hydrogen (secondary N) is 1. The van der Waals surface area contributed by atoms with Gasteiger partial charge in [0, 0.05) is 18.8 Å². The Bertz CT molecular complexity index is 918. The molecule has 0 aliphatic carbocycles. The summed E-state index contributed by atoms with van der Waals surface area (Å²) in [7, 11) is 1.92. The number of hydrogen-bond donors (Lipinski definition) is 1. The van der Waals surface area contributed by atoms with Crippen LogP contribution in [0.4, 0.5) is 5.95 Å². The maximum Gasteiger partial charge on any atom is 0.222 e. The van der Waals surface area contributed by atoms with E-state index < -0.39 is 0 Å². The lowest BCUT2D eigenvalue weighted by molar-refractivity contribution is 0.171. The topological polar surface area (TPSA) is 79.0 Å². The minimum Gasteiger partial charge on any atom is -0.486 e. The Kier molecular flexibility index (Phi) is 3.16. The predicted octanol–water partition coefficient (Wildman–Crippen LogP) is 1.93. The number of nitrogens with zero attached hydrogens (tertiary/aromatic N) is 5. The van der Waals surface area contributed by atoms with Gasteiger partial charge in [-0.15, -0.1) is 0 Å². The number of fused-ring (bicyclic) bond motifs is 2. The van der Waals surface area contributed by atoms with E-state index in [-0.39, 0.29) is 12.1 Å². The van der Waals surface area contributed by atoms with Crippen LogP contribution in [0.5, 0.6) is 11.5 Å². The molecule has 0 saturated carbocycles. The highest BCUT2D eigenvalue weighted by atomic mass is 16.6. The summed E-state index contributed by atoms with van der Waals surface area (Å²) in [6, 6.07) is 6.31. The third kappa shape index (κ3) is 2.41. The van der Waals surface area contributed by atoms with E-state index in [1.807, 2.05) is 34.9 Å². The van der Waals surface area contributed by atoms with Crippen molar-refractivity contribution in [3.63, 3.8) is 0 Å². The predicted molar refractivity (Wildman–Crippen MR) is 89.8 cm³/mol. The number of rotatable bonds is 2. The molecule has 1 aromatic carbocycles. The number of ether oxygens (including phenoxy) is 2. The van der Waals surface area contributed by atoms with Gasteiger partial charge in [-0.25, -0.2) is 4.68 Å². The van der Waals surface area contributed by atoms with E-state index in [1.165, 1.54) is 0 Å². The van der Waals surface area contributed by atoms with Crippen molar-refractivity contribution >= 4 is 5.95 Å². The first kappa shape index (κ1) is 14.3. The van der Waals surface area contributed by atoms with Gasteiger partial charge in [-0.2, -0.15) is 15.2 Å². The molecule has 2 aliphatic heterocycles. The Morgan fingerprint density at radius 2 is 2.00 bits per heavy atom. The highest BCUT2D eigenvalue weighted by Crippen LogP contribution is 2.40. The Morgan fingerprint density at radius 1 is 1.12 bits per heavy atom. The summed E-state index contributed by atoms with van der Waals surface area (Å²) in [5.41, 5.74) is 2.27. The van der Waals surface area contributed by atoms with Crippen molar-refractivity contribution in [2.24, 2.45) is 7.05 Å². The molecule has 5 rings (SSSR count). The van der Waals surface area contributed by atoms with Crippen molar-refractivity contribution in [3.05, 3.63) is 48.0 Å². The quantitative estimate of drug-likeness (QED) is 0.769. The fourth-order valence-corrected chi connectivity index (χ4v) is 3.50. The zero-order valence-electron chi connectivity index (χ0n) is 13.8. The molecule has 25 heavy (non-hydrogen) atoms. The fraction of sp³-hybridized carbons (Fsp3) is 0.353. The normalized spacial score (nSPS) is 21.5. The van der Waals surface area contributed by atoms with E-state index in [2.05, 4.69) is 32.6 Å². The summed E-state index contributed by atoms with van der Waals surface area (Å²) in [6.45, 7) is 1.18. The van der Waals surface area contributed by atoms with Gasteiger partial charge in [0.05, 0.1) is 18.3 Å². The molecule has 2 atom stereocenters. The molecule has 0 amide bonds. The average molecular weight is 338 g/mol. The molecular formula is C17H18N6O2. The highest BCUT2D eigenvalue weighted by molar-refractivity contribution is 5.47. The second kappa shape index (κ2) is 5.51. The van der Waals surface area contributed by atoms with Gasteiger partial charge < -0.3 is 14.8 Å². The van der Waals surface area contributed by atoms with E-state index in [0.717, 1.165) is 35.0 Å². The van der Waals surface area contributed by atoms with Crippen LogP contribution in [0.15, 0.2) is 36.9 Å². The first-order chi connectivity index (χ1) is 12.3. The van der Waals surface area contributed by atoms with E-state index in [1.54, 1.807) is 6.33 Å². The van der Waals surface area contributed by atoms with Crippen LogP contribution in [-0.4, -0.2) is 37.8 Å². The molecule has 0 radical (unpaired) electrons. The summed E-state index contributed by atoms with van der Waals surface area (Å²) < 4.78 is 15.1. The highest BCUT2D eigenvalue weighted by Gasteiger charge is 2.31. The monoisotopic (exact) mass is 338 g/mol. The Hall–Kier alpha value is -3.03. The van der Waals surface area contributed by atoms with Crippen LogP contribution in [0.3, 0.4) is 0 Å². The van der Waals surface area contributed by atoms with E-state index in [9.17, 15) is 0 Å². The molecule has 2 aliphatic rings. The Morgan fingerprint density at radius 3 is 2.84 bits per heavy atom. The van der Waals surface area contributed by atoms with E-state index in [0.29, 0.717) is 13.2 Å². The van der Waals surface area contributed by atoms with E-state index >= 15 is 0 Å². The molecule has 0 unspecified atom stereocenters. The lowest BCUT2D eigenvalue weighted by Gasteiger charge is -2.31. The third-order valence-electron chi connectivity index (χ3n) is 4.71. The van der Waals surface area contributed by atoms with Crippen LogP contribution < -0.4 is 14.8 Å². The van der Waals surface area contributed by atoms with Crippen molar-refractivity contribution in [1.29, 1.82) is 0 Å². The molecule has 0 fully saturated rings. The van der Waals surface area contributed by atoms with Crippen LogP contribution in [0, 0.1) is 0 Å². The number of benzene rings is 1. The fourth-order valence-electron chi connectivity index (χ4n) is 3.50. The maximum atomic E-state index is 5.72. The minimum atomic E-state index is 0.0886. The van der Waals surface area contributed by atoms with Gasteiger partial charge in [0.25, 0.3) is 0 Å². The molecule has 0 saturated heterocycles. The van der Waals surface area contributed by atoms with Crippen LogP contribution >= 0.6 is 0 Å². The standard InChI is InChI=1S/C17H18N6O2/c1-22-9-12(8-19-22)14-7-13(21-17-18-10-20-23(14)17)11-2-3-15-16(6-11)25-5-4-24-15/h2-3,6,8-10,13-14H,4-5,7H2,1H3,(H,18,20,21)/t13-,14+/m1/s1. The molecule has 0 bridgehead atoms. The van der Waals surface area contributed by atoms with Gasteiger partial charge in [-0.05, 0) is 24.1 Å². The lowest BCUT2D eigenvalue weighted by atomic mass is 9.94. The van der Waals surface area contributed by atoms with Gasteiger partial charge in [0.2, 0.25) is 5.95 Å². The van der Waals surface area contributed by atoms with Gasteiger partial charge >= 0.3 is 0 Å². The molecule has 4 heterocycles. The van der Waals surface area contributed by atoms with Crippen LogP contribution in [0.2, 0.25) is 0 Å². The molecule has 1 N–H and O–H groups in total. The summed E-state index contributed by atoms with van der Waals surface area (Å²) in [5, 5.41) is 12.2. The van der Waals surface area contributed by atoms with Crippen molar-refractivity contribution in [3.8, 4) is 11.5 Å². The first-order valence-corrected chi connectivity index (χ1v) is 8.32. The SMILES string of the molecule is Cn1cc([C@@H]2C[C@H](c3ccc4c(c3)OCCO4)Nc3ncnn32)cn1. The second-order valence-corrected chi connectivity index (χ2v) is 6.33. The lowest BCUT2D eigenvalue weighted by Crippen LogP contribution is -2.28. The van der Waals surface area contributed by atoms with Crippen molar-refractivity contribution in [2.75, 3.05) is 18.5 Å². The molecular weight excluding hydrogens is 320 g/mol. The van der Waals surface area contributed by atoms with Crippen LogP contribution in [0.25, 0.3) is 0 Å². The first-order valence-electron chi connectivity index (χ1n) is 8.32. The molecule has 3 aromatic rings. The van der Waals surface area contributed by atoms with Crippen molar-refractivity contribution in [2.45, 2.75) is 18.5 Å². The Balaban J connectivity index is 1.51. The second-order valence-electron chi connectivity index (χ2n) is 6.33. The van der Waals surface area contributed by atoms with Crippen LogP contribution in [0.1, 0.15) is 29.6 Å². The smallest absolute Gasteiger partial charge is 0.222 e. The average Bonchev–Trinajstić information content (AvgIpc) is 3.29. The molecule has 128 valence electrons. The van der Waals surface area contributed by atoms with Gasteiger partial charge in [0.1, 0.15) is 19.5 Å². The largest absolute Gasteiger partial charge is 0.486 e. The molecule has 2 aromatic heterocycles. The molecule has 0 spiro atoms. The third-order valence-corrected chi connectivity index (χ3v) is 4.71. The molecule has 8 heteroatoms. The minimum absolute atomic E-state index is 0.0886. The van der Waals surface area contributed by atoms with Crippen LogP contribution in [-0.2, 0) is 7.05 Å². The number of aryl methyl sites for hydroxylation is 1. The number of aromatic nitrogens is 5. The summed E-state index contributed by atoms with van der Waals surface area (Å²) in [5.74, 6) is 2.37. The summed E-state index contributed by atoms with van der Waals surface area (Å²) >= 11 is 0. The summed E-state index contributed by atoms with van der Waals surface area (Å²) in [6.07, 6.45) is 6.35. The van der Waals surface area contributed by atoms with Crippen molar-refractivity contribution < 1.29 is 9.47 Å². The van der Waals surface area contributed by atoms with Gasteiger partial charge in [0.15, 0.2) is 11.5 Å². The maximum absolute atomic E-state index is 5.72. The van der Waals surface area contributed by atoms with Gasteiger partial charge in [-0.1, -0.05) is 6.07 Å². The van der Waals surface area contributed by atoms with Crippen molar-refractivity contribution in [1.82, 2.24) is 24.5 Å². The number of anilines is 1. The Labute approximate surface area is 144 Å².